The van der Waals surface area contributed by atoms with E-state index in [4.69, 9.17) is 16.3 Å². The lowest BCUT2D eigenvalue weighted by atomic mass is 10.3. The average molecular weight is 248 g/mol. The highest BCUT2D eigenvalue weighted by atomic mass is 35.5. The van der Waals surface area contributed by atoms with E-state index < -0.39 is 5.97 Å². The Balaban J connectivity index is 3.19. The van der Waals surface area contributed by atoms with Gasteiger partial charge >= 0.3 is 5.97 Å². The number of ether oxygens (including phenoxy) is 1. The molecule has 0 saturated carbocycles. The molecule has 0 unspecified atom stereocenters. The van der Waals surface area contributed by atoms with Gasteiger partial charge in [-0.2, -0.15) is 0 Å². The van der Waals surface area contributed by atoms with Crippen molar-refractivity contribution in [2.75, 3.05) is 19.0 Å². The summed E-state index contributed by atoms with van der Waals surface area (Å²) in [6, 6.07) is 0. The molecule has 1 aromatic heterocycles. The predicted octanol–water partition coefficient (Wildman–Crippen LogP) is 2.43. The summed E-state index contributed by atoms with van der Waals surface area (Å²) in [4.78, 5) is 22.5. The third-order valence-electron chi connectivity index (χ3n) is 1.69. The number of nitrogens with one attached hydrogen (secondary N) is 1. The maximum atomic E-state index is 11.5. The molecular weight excluding hydrogens is 238 g/mol. The molecule has 0 radical (unpaired) electrons. The van der Waals surface area contributed by atoms with Crippen molar-refractivity contribution in [3.8, 4) is 0 Å². The Morgan fingerprint density at radius 2 is 2.33 bits per heavy atom. The molecule has 0 amide bonds. The standard InChI is InChI=1S/C9H10ClNO3S/c1-3-14-9(13)6-7(10)5(4-12)15-8(6)11-2/h4,11H,3H2,1-2H3. The Morgan fingerprint density at radius 1 is 1.67 bits per heavy atom. The number of carbonyl (C=O) groups excluding carboxylic acids is 2. The average Bonchev–Trinajstić information content (AvgIpc) is 2.55. The van der Waals surface area contributed by atoms with E-state index in [1.807, 2.05) is 0 Å². The zero-order valence-corrected chi connectivity index (χ0v) is 9.87. The minimum Gasteiger partial charge on any atom is -0.462 e. The van der Waals surface area contributed by atoms with Crippen LogP contribution < -0.4 is 5.32 Å². The van der Waals surface area contributed by atoms with Crippen molar-refractivity contribution in [1.29, 1.82) is 0 Å². The lowest BCUT2D eigenvalue weighted by Gasteiger charge is -2.02. The van der Waals surface area contributed by atoms with Crippen molar-refractivity contribution in [2.24, 2.45) is 0 Å². The first kappa shape index (κ1) is 12.0. The zero-order chi connectivity index (χ0) is 11.4. The molecule has 1 heterocycles. The van der Waals surface area contributed by atoms with Gasteiger partial charge in [0.2, 0.25) is 0 Å². The summed E-state index contributed by atoms with van der Waals surface area (Å²) >= 11 is 7.01. The molecule has 0 saturated heterocycles. The summed E-state index contributed by atoms with van der Waals surface area (Å²) in [6.45, 7) is 1.97. The fourth-order valence-electron chi connectivity index (χ4n) is 1.07. The summed E-state index contributed by atoms with van der Waals surface area (Å²) in [6.07, 6.45) is 0.622. The molecule has 0 spiro atoms. The van der Waals surface area contributed by atoms with Crippen molar-refractivity contribution in [2.45, 2.75) is 6.92 Å². The van der Waals surface area contributed by atoms with E-state index >= 15 is 0 Å². The molecule has 1 N–H and O–H groups in total. The summed E-state index contributed by atoms with van der Waals surface area (Å²) in [5.41, 5.74) is 0.230. The van der Waals surface area contributed by atoms with E-state index in [0.717, 1.165) is 11.3 Å². The second-order valence-electron chi connectivity index (χ2n) is 2.57. The molecule has 4 nitrogen and oxygen atoms in total. The second-order valence-corrected chi connectivity index (χ2v) is 4.00. The zero-order valence-electron chi connectivity index (χ0n) is 8.30. The molecule has 0 fully saturated rings. The number of esters is 1. The van der Waals surface area contributed by atoms with Gasteiger partial charge in [-0.05, 0) is 6.92 Å². The molecule has 0 atom stereocenters. The van der Waals surface area contributed by atoms with E-state index in [0.29, 0.717) is 16.2 Å². The van der Waals surface area contributed by atoms with Crippen LogP contribution in [0.1, 0.15) is 27.0 Å². The number of hydrogen-bond donors (Lipinski definition) is 1. The Bertz CT molecular complexity index is 389. The number of halogens is 1. The Morgan fingerprint density at radius 3 is 2.80 bits per heavy atom. The van der Waals surface area contributed by atoms with E-state index in [1.165, 1.54) is 0 Å². The number of hydrogen-bond acceptors (Lipinski definition) is 5. The molecule has 1 rings (SSSR count). The van der Waals surface area contributed by atoms with Gasteiger partial charge in [-0.15, -0.1) is 11.3 Å². The van der Waals surface area contributed by atoms with E-state index in [-0.39, 0.29) is 17.2 Å². The molecule has 15 heavy (non-hydrogen) atoms. The van der Waals surface area contributed by atoms with E-state index in [2.05, 4.69) is 5.32 Å². The third-order valence-corrected chi connectivity index (χ3v) is 3.33. The second kappa shape index (κ2) is 5.14. The highest BCUT2D eigenvalue weighted by Crippen LogP contribution is 2.36. The number of aldehydes is 1. The molecule has 0 aliphatic heterocycles. The summed E-state index contributed by atoms with van der Waals surface area (Å²) in [5, 5.41) is 3.50. The monoisotopic (exact) mass is 247 g/mol. The van der Waals surface area contributed by atoms with Crippen LogP contribution in [0.2, 0.25) is 5.02 Å². The molecular formula is C9H10ClNO3S. The Labute approximate surface area is 96.2 Å². The smallest absolute Gasteiger partial charge is 0.342 e. The quantitative estimate of drug-likeness (QED) is 0.656. The highest BCUT2D eigenvalue weighted by Gasteiger charge is 2.22. The number of rotatable bonds is 4. The summed E-state index contributed by atoms with van der Waals surface area (Å²) in [7, 11) is 1.65. The van der Waals surface area contributed by atoms with Crippen LogP contribution in [-0.4, -0.2) is 25.9 Å². The molecule has 82 valence electrons. The molecule has 0 bridgehead atoms. The van der Waals surface area contributed by atoms with Gasteiger partial charge < -0.3 is 10.1 Å². The summed E-state index contributed by atoms with van der Waals surface area (Å²) < 4.78 is 4.84. The Hall–Kier alpha value is -1.07. The van der Waals surface area contributed by atoms with Crippen molar-refractivity contribution in [3.63, 3.8) is 0 Å². The fourth-order valence-corrected chi connectivity index (χ4v) is 2.30. The van der Waals surface area contributed by atoms with Gasteiger partial charge in [0.05, 0.1) is 16.5 Å². The van der Waals surface area contributed by atoms with Gasteiger partial charge in [-0.1, -0.05) is 11.6 Å². The highest BCUT2D eigenvalue weighted by molar-refractivity contribution is 7.18. The van der Waals surface area contributed by atoms with Crippen LogP contribution >= 0.6 is 22.9 Å². The van der Waals surface area contributed by atoms with Crippen LogP contribution in [0.15, 0.2) is 0 Å². The first-order valence-electron chi connectivity index (χ1n) is 4.28. The number of anilines is 1. The first-order valence-corrected chi connectivity index (χ1v) is 5.47. The maximum absolute atomic E-state index is 11.5. The van der Waals surface area contributed by atoms with Gasteiger partial charge in [0.1, 0.15) is 10.6 Å². The SMILES string of the molecule is CCOC(=O)c1c(NC)sc(C=O)c1Cl. The lowest BCUT2D eigenvalue weighted by Crippen LogP contribution is -2.06. The van der Waals surface area contributed by atoms with Crippen molar-refractivity contribution in [1.82, 2.24) is 0 Å². The van der Waals surface area contributed by atoms with Crippen LogP contribution in [-0.2, 0) is 4.74 Å². The van der Waals surface area contributed by atoms with Crippen LogP contribution in [0.3, 0.4) is 0 Å². The van der Waals surface area contributed by atoms with Crippen molar-refractivity contribution < 1.29 is 14.3 Å². The molecule has 0 aromatic carbocycles. The predicted molar refractivity (Wildman–Crippen MR) is 60.2 cm³/mol. The number of carbonyl (C=O) groups is 2. The minimum atomic E-state index is -0.517. The van der Waals surface area contributed by atoms with E-state index in [9.17, 15) is 9.59 Å². The van der Waals surface area contributed by atoms with Gasteiger partial charge in [0.25, 0.3) is 0 Å². The van der Waals surface area contributed by atoms with Crippen molar-refractivity contribution in [3.05, 3.63) is 15.5 Å². The molecule has 1 aromatic rings. The van der Waals surface area contributed by atoms with Crippen LogP contribution in [0, 0.1) is 0 Å². The van der Waals surface area contributed by atoms with Crippen molar-refractivity contribution >= 4 is 40.2 Å². The van der Waals surface area contributed by atoms with Gasteiger partial charge in [-0.3, -0.25) is 4.79 Å². The topological polar surface area (TPSA) is 55.4 Å². The maximum Gasteiger partial charge on any atom is 0.342 e. The largest absolute Gasteiger partial charge is 0.462 e. The normalized spacial score (nSPS) is 9.80. The molecule has 6 heteroatoms. The third kappa shape index (κ3) is 2.30. The molecule has 0 aliphatic rings. The van der Waals surface area contributed by atoms with E-state index in [1.54, 1.807) is 14.0 Å². The molecule has 0 aliphatic carbocycles. The van der Waals surface area contributed by atoms with Crippen LogP contribution in [0.25, 0.3) is 0 Å². The number of thiophene rings is 1. The fraction of sp³-hybridized carbons (Fsp3) is 0.333. The van der Waals surface area contributed by atoms with Crippen LogP contribution in [0.4, 0.5) is 5.00 Å². The van der Waals surface area contributed by atoms with Crippen LogP contribution in [0.5, 0.6) is 0 Å². The van der Waals surface area contributed by atoms with Gasteiger partial charge in [0, 0.05) is 7.05 Å². The first-order chi connectivity index (χ1) is 7.15. The minimum absolute atomic E-state index is 0.151. The summed E-state index contributed by atoms with van der Waals surface area (Å²) in [5.74, 6) is -0.517. The lowest BCUT2D eigenvalue weighted by molar-refractivity contribution is 0.0528. The van der Waals surface area contributed by atoms with Gasteiger partial charge in [0.15, 0.2) is 6.29 Å². The van der Waals surface area contributed by atoms with Gasteiger partial charge in [-0.25, -0.2) is 4.79 Å². The Kier molecular flexibility index (Phi) is 4.11.